The lowest BCUT2D eigenvalue weighted by Crippen LogP contribution is -2.50. The van der Waals surface area contributed by atoms with Gasteiger partial charge in [0.25, 0.3) is 0 Å². The van der Waals surface area contributed by atoms with Crippen molar-refractivity contribution in [3.8, 4) is 0 Å². The fourth-order valence-corrected chi connectivity index (χ4v) is 2.38. The zero-order valence-corrected chi connectivity index (χ0v) is 12.1. The second-order valence-electron chi connectivity index (χ2n) is 4.87. The van der Waals surface area contributed by atoms with Crippen LogP contribution in [-0.4, -0.2) is 59.6 Å². The van der Waals surface area contributed by atoms with Gasteiger partial charge < -0.3 is 14.8 Å². The van der Waals surface area contributed by atoms with Gasteiger partial charge in [0.05, 0.1) is 6.54 Å². The van der Waals surface area contributed by atoms with Gasteiger partial charge in [-0.1, -0.05) is 6.08 Å². The molecule has 1 aromatic rings. The number of carbonyl (C=O) groups is 1. The highest BCUT2D eigenvalue weighted by Crippen LogP contribution is 2.13. The van der Waals surface area contributed by atoms with Gasteiger partial charge in [-0.05, 0) is 6.92 Å². The third-order valence-corrected chi connectivity index (χ3v) is 3.50. The Bertz CT molecular complexity index is 448. The van der Waals surface area contributed by atoms with Crippen molar-refractivity contribution in [2.75, 3.05) is 44.2 Å². The number of aryl methyl sites for hydroxylation is 1. The van der Waals surface area contributed by atoms with Gasteiger partial charge in [0.15, 0.2) is 0 Å². The summed E-state index contributed by atoms with van der Waals surface area (Å²) in [5, 5.41) is 2.81. The number of hydrogen-bond acceptors (Lipinski definition) is 4. The van der Waals surface area contributed by atoms with E-state index < -0.39 is 0 Å². The standard InChI is InChI=1S/C14H23N5O/c1-3-5-15-13(20)12-17-8-10-19(11-9-17)14-16-6-7-18(14)4-2/h3,6-7H,1,4-5,8-12H2,2H3,(H,15,20). The van der Waals surface area contributed by atoms with E-state index in [-0.39, 0.29) is 5.91 Å². The van der Waals surface area contributed by atoms with Crippen LogP contribution in [0.2, 0.25) is 0 Å². The molecule has 0 aromatic carbocycles. The van der Waals surface area contributed by atoms with Crippen LogP contribution in [0.4, 0.5) is 5.95 Å². The molecule has 0 saturated carbocycles. The van der Waals surface area contributed by atoms with E-state index in [0.29, 0.717) is 13.1 Å². The molecular formula is C14H23N5O. The molecule has 0 aliphatic carbocycles. The highest BCUT2D eigenvalue weighted by Gasteiger charge is 2.21. The SMILES string of the molecule is C=CCNC(=O)CN1CCN(c2nccn2CC)CC1. The molecule has 1 aliphatic heterocycles. The number of piperazine rings is 1. The second kappa shape index (κ2) is 7.09. The fourth-order valence-electron chi connectivity index (χ4n) is 2.38. The van der Waals surface area contributed by atoms with E-state index in [0.717, 1.165) is 38.7 Å². The molecule has 1 amide bonds. The van der Waals surface area contributed by atoms with Crippen molar-refractivity contribution in [1.29, 1.82) is 0 Å². The van der Waals surface area contributed by atoms with E-state index in [2.05, 4.69) is 38.2 Å². The van der Waals surface area contributed by atoms with Crippen LogP contribution in [0, 0.1) is 0 Å². The van der Waals surface area contributed by atoms with Crippen molar-refractivity contribution in [3.63, 3.8) is 0 Å². The normalized spacial score (nSPS) is 16.1. The summed E-state index contributed by atoms with van der Waals surface area (Å²) in [5.41, 5.74) is 0. The van der Waals surface area contributed by atoms with Crippen molar-refractivity contribution in [1.82, 2.24) is 19.8 Å². The molecule has 0 bridgehead atoms. The van der Waals surface area contributed by atoms with Crippen LogP contribution in [0.25, 0.3) is 0 Å². The molecule has 0 unspecified atom stereocenters. The first kappa shape index (κ1) is 14.6. The molecule has 1 aliphatic rings. The van der Waals surface area contributed by atoms with Crippen molar-refractivity contribution < 1.29 is 4.79 Å². The summed E-state index contributed by atoms with van der Waals surface area (Å²) >= 11 is 0. The van der Waals surface area contributed by atoms with Crippen LogP contribution in [0.3, 0.4) is 0 Å². The van der Waals surface area contributed by atoms with Crippen LogP contribution in [0.15, 0.2) is 25.0 Å². The smallest absolute Gasteiger partial charge is 0.234 e. The van der Waals surface area contributed by atoms with Gasteiger partial charge in [-0.3, -0.25) is 9.69 Å². The number of nitrogens with one attached hydrogen (secondary N) is 1. The summed E-state index contributed by atoms with van der Waals surface area (Å²) in [4.78, 5) is 20.5. The third kappa shape index (κ3) is 3.60. The van der Waals surface area contributed by atoms with Gasteiger partial charge in [-0.25, -0.2) is 4.98 Å². The highest BCUT2D eigenvalue weighted by atomic mass is 16.2. The highest BCUT2D eigenvalue weighted by molar-refractivity contribution is 5.78. The van der Waals surface area contributed by atoms with Gasteiger partial charge >= 0.3 is 0 Å². The Kier molecular flexibility index (Phi) is 5.17. The van der Waals surface area contributed by atoms with Gasteiger partial charge in [0, 0.05) is 51.7 Å². The lowest BCUT2D eigenvalue weighted by atomic mass is 10.3. The third-order valence-electron chi connectivity index (χ3n) is 3.50. The average Bonchev–Trinajstić information content (AvgIpc) is 2.94. The van der Waals surface area contributed by atoms with E-state index >= 15 is 0 Å². The first-order valence-electron chi connectivity index (χ1n) is 7.10. The Hall–Kier alpha value is -1.82. The number of nitrogens with zero attached hydrogens (tertiary/aromatic N) is 4. The summed E-state index contributed by atoms with van der Waals surface area (Å²) in [6.07, 6.45) is 5.54. The van der Waals surface area contributed by atoms with Crippen molar-refractivity contribution >= 4 is 11.9 Å². The maximum absolute atomic E-state index is 11.7. The van der Waals surface area contributed by atoms with Crippen LogP contribution >= 0.6 is 0 Å². The molecule has 2 heterocycles. The predicted molar refractivity (Wildman–Crippen MR) is 79.8 cm³/mol. The molecule has 2 rings (SSSR count). The molecule has 0 spiro atoms. The Balaban J connectivity index is 1.80. The Morgan fingerprint density at radius 2 is 2.20 bits per heavy atom. The second-order valence-corrected chi connectivity index (χ2v) is 4.87. The van der Waals surface area contributed by atoms with E-state index in [9.17, 15) is 4.79 Å². The van der Waals surface area contributed by atoms with E-state index in [1.165, 1.54) is 0 Å². The summed E-state index contributed by atoms with van der Waals surface area (Å²) in [7, 11) is 0. The average molecular weight is 277 g/mol. The van der Waals surface area contributed by atoms with Gasteiger partial charge in [0.1, 0.15) is 0 Å². The van der Waals surface area contributed by atoms with Crippen LogP contribution in [0.1, 0.15) is 6.92 Å². The van der Waals surface area contributed by atoms with Crippen molar-refractivity contribution in [3.05, 3.63) is 25.0 Å². The molecule has 1 fully saturated rings. The van der Waals surface area contributed by atoms with E-state index in [1.54, 1.807) is 6.08 Å². The maximum Gasteiger partial charge on any atom is 0.234 e. The van der Waals surface area contributed by atoms with E-state index in [1.807, 2.05) is 12.4 Å². The number of rotatable bonds is 6. The van der Waals surface area contributed by atoms with Crippen molar-refractivity contribution in [2.24, 2.45) is 0 Å². The molecule has 0 radical (unpaired) electrons. The van der Waals surface area contributed by atoms with Crippen LogP contribution in [0.5, 0.6) is 0 Å². The summed E-state index contributed by atoms with van der Waals surface area (Å²) in [6.45, 7) is 11.2. The van der Waals surface area contributed by atoms with Gasteiger partial charge in [-0.2, -0.15) is 0 Å². The molecule has 0 atom stereocenters. The Labute approximate surface area is 120 Å². The molecule has 1 N–H and O–H groups in total. The Morgan fingerprint density at radius 1 is 1.45 bits per heavy atom. The summed E-state index contributed by atoms with van der Waals surface area (Å²) < 4.78 is 2.15. The number of carbonyl (C=O) groups excluding carboxylic acids is 1. The number of aromatic nitrogens is 2. The molecule has 6 heteroatoms. The summed E-state index contributed by atoms with van der Waals surface area (Å²) in [5.74, 6) is 1.09. The van der Waals surface area contributed by atoms with Crippen LogP contribution < -0.4 is 10.2 Å². The van der Waals surface area contributed by atoms with Gasteiger partial charge in [0.2, 0.25) is 11.9 Å². The predicted octanol–water partition coefficient (Wildman–Crippen LogP) is 0.327. The minimum atomic E-state index is 0.0633. The maximum atomic E-state index is 11.7. The fraction of sp³-hybridized carbons (Fsp3) is 0.571. The van der Waals surface area contributed by atoms with Crippen molar-refractivity contribution in [2.45, 2.75) is 13.5 Å². The molecule has 1 saturated heterocycles. The molecular weight excluding hydrogens is 254 g/mol. The minimum absolute atomic E-state index is 0.0633. The largest absolute Gasteiger partial charge is 0.352 e. The number of imidazole rings is 1. The van der Waals surface area contributed by atoms with Crippen LogP contribution in [-0.2, 0) is 11.3 Å². The number of amides is 1. The Morgan fingerprint density at radius 3 is 2.85 bits per heavy atom. The quantitative estimate of drug-likeness (QED) is 0.761. The zero-order valence-electron chi connectivity index (χ0n) is 12.1. The van der Waals surface area contributed by atoms with Gasteiger partial charge in [-0.15, -0.1) is 6.58 Å². The molecule has 6 nitrogen and oxygen atoms in total. The number of hydrogen-bond donors (Lipinski definition) is 1. The lowest BCUT2D eigenvalue weighted by molar-refractivity contribution is -0.122. The minimum Gasteiger partial charge on any atom is -0.352 e. The molecule has 1 aromatic heterocycles. The molecule has 110 valence electrons. The topological polar surface area (TPSA) is 53.4 Å². The summed E-state index contributed by atoms with van der Waals surface area (Å²) in [6, 6.07) is 0. The zero-order chi connectivity index (χ0) is 14.4. The first-order chi connectivity index (χ1) is 9.74. The van der Waals surface area contributed by atoms with E-state index in [4.69, 9.17) is 0 Å². The molecule has 20 heavy (non-hydrogen) atoms. The lowest BCUT2D eigenvalue weighted by Gasteiger charge is -2.35. The monoisotopic (exact) mass is 277 g/mol. The number of anilines is 1. The first-order valence-corrected chi connectivity index (χ1v) is 7.10.